The average Bonchev–Trinajstić information content (AvgIpc) is 3.49. The molecule has 0 fully saturated rings. The van der Waals surface area contributed by atoms with E-state index in [1.165, 1.54) is 4.57 Å². The monoisotopic (exact) mass is 593 g/mol. The number of nitrogens with zero attached hydrogens (tertiary/aromatic N) is 3. The first-order chi connectivity index (χ1) is 20.5. The van der Waals surface area contributed by atoms with E-state index in [1.54, 1.807) is 29.7 Å². The Hall–Kier alpha value is -4.47. The molecule has 7 nitrogen and oxygen atoms in total. The van der Waals surface area contributed by atoms with E-state index in [9.17, 15) is 14.4 Å². The van der Waals surface area contributed by atoms with Gasteiger partial charge in [-0.05, 0) is 36.9 Å². The molecule has 1 aromatic heterocycles. The van der Waals surface area contributed by atoms with Gasteiger partial charge in [0.05, 0.1) is 35.2 Å². The van der Waals surface area contributed by atoms with Gasteiger partial charge in [-0.3, -0.25) is 14.2 Å². The molecule has 4 aromatic rings. The Balaban J connectivity index is 1.70. The molecule has 42 heavy (non-hydrogen) atoms. The van der Waals surface area contributed by atoms with Crippen molar-refractivity contribution < 1.29 is 14.3 Å². The Kier molecular flexibility index (Phi) is 7.53. The lowest BCUT2D eigenvalue weighted by Gasteiger charge is -2.26. The van der Waals surface area contributed by atoms with Crippen LogP contribution < -0.4 is 19.8 Å². The van der Waals surface area contributed by atoms with Crippen LogP contribution in [0.25, 0.3) is 11.3 Å². The van der Waals surface area contributed by atoms with Gasteiger partial charge in [0.1, 0.15) is 4.53 Å². The maximum absolute atomic E-state index is 14.4. The zero-order valence-corrected chi connectivity index (χ0v) is 24.7. The highest BCUT2D eigenvalue weighted by Crippen LogP contribution is 2.37. The number of carbonyl (C=O) groups excluding carboxylic acids is 2. The first kappa shape index (κ1) is 27.7. The first-order valence-corrected chi connectivity index (χ1v) is 15.5. The topological polar surface area (TPSA) is 81.0 Å². The van der Waals surface area contributed by atoms with Crippen LogP contribution in [-0.2, 0) is 14.3 Å². The predicted molar refractivity (Wildman–Crippen MR) is 167 cm³/mol. The molecule has 0 unspecified atom stereocenters. The first-order valence-electron chi connectivity index (χ1n) is 13.5. The van der Waals surface area contributed by atoms with Gasteiger partial charge in [-0.1, -0.05) is 78.1 Å². The average molecular weight is 594 g/mol. The molecule has 0 radical (unpaired) electrons. The lowest BCUT2D eigenvalue weighted by atomic mass is 9.93. The predicted octanol–water partition coefficient (Wildman–Crippen LogP) is 4.56. The number of carbonyl (C=O) groups is 2. The number of hydrogen-bond donors (Lipinski definition) is 0. The van der Waals surface area contributed by atoms with Crippen molar-refractivity contribution in [3.8, 4) is 0 Å². The number of para-hydroxylation sites is 1. The molecule has 1 atom stereocenters. The molecule has 2 aliphatic heterocycles. The summed E-state index contributed by atoms with van der Waals surface area (Å²) in [5, 5.41) is 0. The fourth-order valence-electron chi connectivity index (χ4n) is 5.40. The second-order valence-electron chi connectivity index (χ2n) is 9.62. The van der Waals surface area contributed by atoms with Crippen LogP contribution in [0.15, 0.2) is 112 Å². The van der Waals surface area contributed by atoms with Gasteiger partial charge < -0.3 is 9.64 Å². The molecule has 0 N–H and O–H groups in total. The van der Waals surface area contributed by atoms with Crippen LogP contribution in [-0.4, -0.2) is 35.9 Å². The number of ether oxygens (including phenoxy) is 1. The second-order valence-corrected chi connectivity index (χ2v) is 11.5. The van der Waals surface area contributed by atoms with Gasteiger partial charge in [0.15, 0.2) is 4.80 Å². The highest BCUT2D eigenvalue weighted by Gasteiger charge is 2.38. The molecule has 0 saturated heterocycles. The standard InChI is InChI=1S/C33H27N3O4S2/c1-4-19-35-24-14-10-9-13-23(24)25(30(35)37)29-31(38)36-28(21-15-17-22(41-3)18-16-21)26(32(39)40-5-2)27(34-33(36)42-29)20-11-7-6-8-12-20/h4,6-18,28H,1,5,19H2,2-3H3/b29-25+/t28-/m1/s1. The van der Waals surface area contributed by atoms with Crippen molar-refractivity contribution >= 4 is 51.9 Å². The van der Waals surface area contributed by atoms with Gasteiger partial charge in [0.25, 0.3) is 11.5 Å². The molecule has 210 valence electrons. The van der Waals surface area contributed by atoms with E-state index in [4.69, 9.17) is 9.73 Å². The zero-order chi connectivity index (χ0) is 29.4. The van der Waals surface area contributed by atoms with Crippen molar-refractivity contribution in [1.29, 1.82) is 0 Å². The molecular formula is C33H27N3O4S2. The van der Waals surface area contributed by atoms with E-state index in [-0.39, 0.29) is 28.2 Å². The van der Waals surface area contributed by atoms with Crippen LogP contribution in [0.2, 0.25) is 0 Å². The number of thiazole rings is 1. The number of esters is 1. The van der Waals surface area contributed by atoms with E-state index in [0.717, 1.165) is 33.0 Å². The fraction of sp³-hybridized carbons (Fsp3) is 0.152. The molecular weight excluding hydrogens is 567 g/mol. The highest BCUT2D eigenvalue weighted by molar-refractivity contribution is 7.98. The number of amides is 1. The summed E-state index contributed by atoms with van der Waals surface area (Å²) in [6, 6.07) is 23.8. The molecule has 3 aromatic carbocycles. The Morgan fingerprint density at radius 2 is 1.76 bits per heavy atom. The van der Waals surface area contributed by atoms with Crippen LogP contribution >= 0.6 is 23.1 Å². The van der Waals surface area contributed by atoms with E-state index >= 15 is 0 Å². The quantitative estimate of drug-likeness (QED) is 0.178. The summed E-state index contributed by atoms with van der Waals surface area (Å²) in [6.45, 7) is 6.03. The third-order valence-corrected chi connectivity index (χ3v) is 9.04. The Morgan fingerprint density at radius 3 is 2.45 bits per heavy atom. The number of rotatable bonds is 7. The van der Waals surface area contributed by atoms with Crippen molar-refractivity contribution in [3.63, 3.8) is 0 Å². The SMILES string of the molecule is C=CCN1C(=O)/C(=c2/sc3n(c2=O)[C@H](c2ccc(SC)cc2)C(C(=O)OCC)=C(c2ccccc2)N=3)c2ccccc21. The summed E-state index contributed by atoms with van der Waals surface area (Å²) < 4.78 is 7.36. The van der Waals surface area contributed by atoms with Gasteiger partial charge in [-0.25, -0.2) is 9.79 Å². The summed E-state index contributed by atoms with van der Waals surface area (Å²) in [4.78, 5) is 49.8. The van der Waals surface area contributed by atoms with Gasteiger partial charge in [-0.2, -0.15) is 0 Å². The summed E-state index contributed by atoms with van der Waals surface area (Å²) in [6.07, 6.45) is 3.65. The molecule has 0 bridgehead atoms. The summed E-state index contributed by atoms with van der Waals surface area (Å²) in [5.41, 5.74) is 3.54. The fourth-order valence-corrected chi connectivity index (χ4v) is 6.90. The number of hydrogen-bond acceptors (Lipinski definition) is 7. The Labute approximate surface area is 250 Å². The van der Waals surface area contributed by atoms with E-state index in [0.29, 0.717) is 28.2 Å². The highest BCUT2D eigenvalue weighted by atomic mass is 32.2. The van der Waals surface area contributed by atoms with Crippen LogP contribution in [0, 0.1) is 0 Å². The van der Waals surface area contributed by atoms with Crippen LogP contribution in [0.3, 0.4) is 0 Å². The van der Waals surface area contributed by atoms with Crippen LogP contribution in [0.1, 0.15) is 29.7 Å². The number of anilines is 1. The summed E-state index contributed by atoms with van der Waals surface area (Å²) >= 11 is 2.76. The van der Waals surface area contributed by atoms with Crippen molar-refractivity contribution in [1.82, 2.24) is 4.57 Å². The summed E-state index contributed by atoms with van der Waals surface area (Å²) in [7, 11) is 0. The van der Waals surface area contributed by atoms with Gasteiger partial charge >= 0.3 is 5.97 Å². The molecule has 0 aliphatic carbocycles. The number of aromatic nitrogens is 1. The minimum Gasteiger partial charge on any atom is -0.463 e. The van der Waals surface area contributed by atoms with E-state index in [2.05, 4.69) is 6.58 Å². The zero-order valence-electron chi connectivity index (χ0n) is 23.1. The third-order valence-electron chi connectivity index (χ3n) is 7.24. The molecule has 1 amide bonds. The van der Waals surface area contributed by atoms with Crippen molar-refractivity contribution in [2.24, 2.45) is 4.99 Å². The summed E-state index contributed by atoms with van der Waals surface area (Å²) in [5.74, 6) is -0.813. The smallest absolute Gasteiger partial charge is 0.338 e. The lowest BCUT2D eigenvalue weighted by Crippen LogP contribution is -2.41. The van der Waals surface area contributed by atoms with E-state index in [1.807, 2.05) is 85.1 Å². The maximum atomic E-state index is 14.4. The van der Waals surface area contributed by atoms with E-state index < -0.39 is 12.0 Å². The molecule has 2 aliphatic rings. The number of thioether (sulfide) groups is 1. The second kappa shape index (κ2) is 11.4. The van der Waals surface area contributed by atoms with Crippen molar-refractivity contribution in [3.05, 3.63) is 133 Å². The molecule has 9 heteroatoms. The van der Waals surface area contributed by atoms with Gasteiger partial charge in [-0.15, -0.1) is 18.3 Å². The van der Waals surface area contributed by atoms with Crippen LogP contribution in [0.4, 0.5) is 5.69 Å². The van der Waals surface area contributed by atoms with Crippen molar-refractivity contribution in [2.45, 2.75) is 17.9 Å². The molecule has 0 spiro atoms. The van der Waals surface area contributed by atoms with Crippen molar-refractivity contribution in [2.75, 3.05) is 24.3 Å². The van der Waals surface area contributed by atoms with Crippen LogP contribution in [0.5, 0.6) is 0 Å². The number of benzene rings is 3. The normalized spacial score (nSPS) is 17.0. The minimum atomic E-state index is -0.809. The van der Waals surface area contributed by atoms with Gasteiger partial charge in [0.2, 0.25) is 0 Å². The maximum Gasteiger partial charge on any atom is 0.338 e. The minimum absolute atomic E-state index is 0.168. The lowest BCUT2D eigenvalue weighted by molar-refractivity contribution is -0.138. The Bertz CT molecular complexity index is 1940. The number of fused-ring (bicyclic) bond motifs is 2. The third kappa shape index (κ3) is 4.55. The largest absolute Gasteiger partial charge is 0.463 e. The van der Waals surface area contributed by atoms with Gasteiger partial charge in [0, 0.05) is 22.6 Å². The molecule has 3 heterocycles. The molecule has 6 rings (SSSR count). The molecule has 0 saturated carbocycles. The Morgan fingerprint density at radius 1 is 1.05 bits per heavy atom.